The van der Waals surface area contributed by atoms with Crippen molar-refractivity contribution in [1.82, 2.24) is 5.16 Å². The highest BCUT2D eigenvalue weighted by molar-refractivity contribution is 5.80. The number of nitrogens with zero attached hydrogens (tertiary/aromatic N) is 3. The highest BCUT2D eigenvalue weighted by Crippen LogP contribution is 2.43. The molecule has 0 fully saturated rings. The Morgan fingerprint density at radius 1 is 1.39 bits per heavy atom. The second-order valence-electron chi connectivity index (χ2n) is 6.82. The van der Waals surface area contributed by atoms with E-state index in [1.165, 1.54) is 0 Å². The van der Waals surface area contributed by atoms with Crippen LogP contribution < -0.4 is 15.4 Å². The fourth-order valence-electron chi connectivity index (χ4n) is 3.70. The molecule has 1 aliphatic rings. The lowest BCUT2D eigenvalue weighted by atomic mass is 9.94. The average Bonchev–Trinajstić information content (AvgIpc) is 2.98. The zero-order chi connectivity index (χ0) is 20.6. The number of rotatable bonds is 6. The predicted molar refractivity (Wildman–Crippen MR) is 104 cm³/mol. The first kappa shape index (κ1) is 19.7. The van der Waals surface area contributed by atoms with Gasteiger partial charge in [0.1, 0.15) is 11.5 Å². The van der Waals surface area contributed by atoms with E-state index in [1.54, 1.807) is 19.1 Å². The molecule has 3 rings (SSSR count). The normalized spacial score (nSPS) is 14.8. The summed E-state index contributed by atoms with van der Waals surface area (Å²) in [4.78, 5) is 12.9. The Morgan fingerprint density at radius 2 is 2.11 bits per heavy atom. The Hall–Kier alpha value is -3.07. The highest BCUT2D eigenvalue weighted by atomic mass is 16.6. The number of nitrogens with two attached hydrogens (primary N) is 1. The molecular weight excluding hydrogens is 364 g/mol. The molecule has 0 saturated carbocycles. The first-order valence-electron chi connectivity index (χ1n) is 8.85. The van der Waals surface area contributed by atoms with Gasteiger partial charge in [-0.3, -0.25) is 10.1 Å². The van der Waals surface area contributed by atoms with Crippen molar-refractivity contribution in [3.63, 3.8) is 0 Å². The number of aromatic nitrogens is 1. The van der Waals surface area contributed by atoms with Crippen LogP contribution >= 0.6 is 0 Å². The van der Waals surface area contributed by atoms with Gasteiger partial charge in [0.25, 0.3) is 5.70 Å². The van der Waals surface area contributed by atoms with E-state index in [0.717, 1.165) is 28.1 Å². The molecular formula is C19H24N4O5. The monoisotopic (exact) mass is 388 g/mol. The summed E-state index contributed by atoms with van der Waals surface area (Å²) < 4.78 is 16.2. The minimum Gasteiger partial charge on any atom is -0.496 e. The first-order chi connectivity index (χ1) is 13.3. The van der Waals surface area contributed by atoms with Crippen molar-refractivity contribution in [2.75, 3.05) is 25.7 Å². The number of methoxy groups -OCH3 is 2. The van der Waals surface area contributed by atoms with Crippen molar-refractivity contribution in [3.05, 3.63) is 50.8 Å². The maximum atomic E-state index is 11.6. The maximum Gasteiger partial charge on any atom is 0.290 e. The van der Waals surface area contributed by atoms with Crippen molar-refractivity contribution in [3.8, 4) is 16.9 Å². The third kappa shape index (κ3) is 3.18. The van der Waals surface area contributed by atoms with Crippen LogP contribution in [0.2, 0.25) is 0 Å². The van der Waals surface area contributed by atoms with Crippen molar-refractivity contribution >= 4 is 5.69 Å². The van der Waals surface area contributed by atoms with Crippen LogP contribution in [0.25, 0.3) is 11.1 Å². The molecule has 1 atom stereocenters. The van der Waals surface area contributed by atoms with Gasteiger partial charge in [0, 0.05) is 18.4 Å². The maximum absolute atomic E-state index is 11.6. The molecule has 9 heteroatoms. The first-order valence-corrected chi connectivity index (χ1v) is 8.85. The highest BCUT2D eigenvalue weighted by Gasteiger charge is 2.34. The van der Waals surface area contributed by atoms with Crippen LogP contribution in [0.1, 0.15) is 23.9 Å². The second kappa shape index (κ2) is 7.51. The number of anilines is 1. The van der Waals surface area contributed by atoms with Crippen LogP contribution in [0.5, 0.6) is 5.75 Å². The fourth-order valence-corrected chi connectivity index (χ4v) is 3.70. The van der Waals surface area contributed by atoms with Crippen molar-refractivity contribution < 1.29 is 18.9 Å². The summed E-state index contributed by atoms with van der Waals surface area (Å²) >= 11 is 0. The lowest BCUT2D eigenvalue weighted by molar-refractivity contribution is -0.428. The third-order valence-corrected chi connectivity index (χ3v) is 4.95. The Bertz CT molecular complexity index is 931. The molecule has 0 spiro atoms. The molecule has 2 aromatic rings. The molecule has 2 N–H and O–H groups in total. The number of nitro groups is 1. The van der Waals surface area contributed by atoms with E-state index in [9.17, 15) is 10.1 Å². The van der Waals surface area contributed by atoms with Gasteiger partial charge >= 0.3 is 0 Å². The Kier molecular flexibility index (Phi) is 5.28. The van der Waals surface area contributed by atoms with Gasteiger partial charge in [-0.2, -0.15) is 0 Å². The molecule has 9 nitrogen and oxygen atoms in total. The Labute approximate surface area is 162 Å². The topological polar surface area (TPSA) is 117 Å². The minimum atomic E-state index is -0.431. The van der Waals surface area contributed by atoms with Gasteiger partial charge in [0.2, 0.25) is 0 Å². The number of hydrogen-bond acceptors (Lipinski definition) is 8. The number of aryl methyl sites for hydroxylation is 2. The molecule has 1 aromatic heterocycles. The summed E-state index contributed by atoms with van der Waals surface area (Å²) in [6, 6.07) is 3.54. The van der Waals surface area contributed by atoms with Gasteiger partial charge in [-0.1, -0.05) is 5.16 Å². The number of fused-ring (bicyclic) bond motifs is 1. The summed E-state index contributed by atoms with van der Waals surface area (Å²) in [6.45, 7) is 5.95. The quantitative estimate of drug-likeness (QED) is 0.593. The predicted octanol–water partition coefficient (Wildman–Crippen LogP) is 2.77. The Balaban J connectivity index is 2.25. The number of allylic oxidation sites excluding steroid dienone is 1. The fraction of sp³-hybridized carbons (Fsp3) is 0.421. The molecule has 1 unspecified atom stereocenters. The van der Waals surface area contributed by atoms with E-state index < -0.39 is 4.92 Å². The van der Waals surface area contributed by atoms with E-state index in [0.29, 0.717) is 18.1 Å². The van der Waals surface area contributed by atoms with Crippen LogP contribution in [-0.4, -0.2) is 36.9 Å². The summed E-state index contributed by atoms with van der Waals surface area (Å²) in [5.41, 5.74) is 10.1. The zero-order valence-corrected chi connectivity index (χ0v) is 16.6. The lowest BCUT2D eigenvalue weighted by Gasteiger charge is -2.35. The van der Waals surface area contributed by atoms with Crippen LogP contribution in [0.4, 0.5) is 5.69 Å². The molecule has 1 aliphatic heterocycles. The van der Waals surface area contributed by atoms with E-state index >= 15 is 0 Å². The van der Waals surface area contributed by atoms with Gasteiger partial charge in [-0.15, -0.1) is 0 Å². The molecule has 150 valence electrons. The molecule has 0 bridgehead atoms. The number of benzene rings is 1. The van der Waals surface area contributed by atoms with E-state index in [-0.39, 0.29) is 24.0 Å². The van der Waals surface area contributed by atoms with Crippen LogP contribution in [0.15, 0.2) is 28.2 Å². The lowest BCUT2D eigenvalue weighted by Crippen LogP contribution is -2.43. The summed E-state index contributed by atoms with van der Waals surface area (Å²) in [6.07, 6.45) is 0.114. The molecule has 2 heterocycles. The molecule has 28 heavy (non-hydrogen) atoms. The average molecular weight is 388 g/mol. The summed E-state index contributed by atoms with van der Waals surface area (Å²) in [5, 5.41) is 15.6. The molecule has 0 aliphatic carbocycles. The van der Waals surface area contributed by atoms with E-state index in [2.05, 4.69) is 5.16 Å². The molecule has 0 saturated heterocycles. The summed E-state index contributed by atoms with van der Waals surface area (Å²) in [7, 11) is 3.15. The van der Waals surface area contributed by atoms with Crippen molar-refractivity contribution in [2.45, 2.75) is 33.2 Å². The van der Waals surface area contributed by atoms with E-state index in [1.807, 2.05) is 32.9 Å². The van der Waals surface area contributed by atoms with Crippen LogP contribution in [0.3, 0.4) is 0 Å². The minimum absolute atomic E-state index is 0.0393. The number of hydrogen-bond donors (Lipinski definition) is 1. The van der Waals surface area contributed by atoms with Crippen LogP contribution in [-0.2, 0) is 11.2 Å². The number of ether oxygens (including phenoxy) is 2. The van der Waals surface area contributed by atoms with Crippen LogP contribution in [0, 0.1) is 24.0 Å². The summed E-state index contributed by atoms with van der Waals surface area (Å²) in [5.74, 6) is 1.38. The van der Waals surface area contributed by atoms with Gasteiger partial charge in [-0.05, 0) is 38.5 Å². The third-order valence-electron chi connectivity index (χ3n) is 4.95. The smallest absolute Gasteiger partial charge is 0.290 e. The molecule has 1 aromatic carbocycles. The van der Waals surface area contributed by atoms with Gasteiger partial charge in [-0.25, -0.2) is 0 Å². The van der Waals surface area contributed by atoms with E-state index in [4.69, 9.17) is 19.7 Å². The van der Waals surface area contributed by atoms with Gasteiger partial charge in [0.15, 0.2) is 5.82 Å². The SMILES string of the molecule is COCC(C)N1C(N)=C([N+](=O)[O-])Cc2cc(OC)c(-c3c(C)noc3C)cc21. The Morgan fingerprint density at radius 3 is 2.64 bits per heavy atom. The van der Waals surface area contributed by atoms with Gasteiger partial charge in [0.05, 0.1) is 42.4 Å². The second-order valence-corrected chi connectivity index (χ2v) is 6.82. The van der Waals surface area contributed by atoms with Crippen molar-refractivity contribution in [2.24, 2.45) is 5.73 Å². The zero-order valence-electron chi connectivity index (χ0n) is 16.6. The van der Waals surface area contributed by atoms with Crippen molar-refractivity contribution in [1.29, 1.82) is 0 Å². The van der Waals surface area contributed by atoms with Gasteiger partial charge < -0.3 is 24.6 Å². The standard InChI is InChI=1S/C19H24N4O5/c1-10(9-26-4)22-15-8-14(18-11(2)21-28-12(18)3)17(27-5)7-13(15)6-16(19(22)20)23(24)25/h7-8,10H,6,9,20H2,1-5H3. The molecule has 0 radical (unpaired) electrons. The largest absolute Gasteiger partial charge is 0.496 e. The molecule has 0 amide bonds.